The second-order valence-corrected chi connectivity index (χ2v) is 4.71. The molecule has 0 unspecified atom stereocenters. The number of halogens is 1. The van der Waals surface area contributed by atoms with Gasteiger partial charge in [0.2, 0.25) is 0 Å². The maximum atomic E-state index is 11.8. The first kappa shape index (κ1) is 13.6. The van der Waals surface area contributed by atoms with Crippen LogP contribution in [0.2, 0.25) is 5.15 Å². The fourth-order valence-corrected chi connectivity index (χ4v) is 1.93. The molecule has 0 aliphatic heterocycles. The van der Waals surface area contributed by atoms with E-state index in [0.29, 0.717) is 16.4 Å². The third-order valence-corrected chi connectivity index (χ3v) is 3.26. The van der Waals surface area contributed by atoms with Crippen molar-refractivity contribution in [2.24, 2.45) is 0 Å². The van der Waals surface area contributed by atoms with Gasteiger partial charge < -0.3 is 4.74 Å². The number of pyridine rings is 1. The molecule has 0 atom stereocenters. The van der Waals surface area contributed by atoms with E-state index in [0.717, 1.165) is 16.7 Å². The van der Waals surface area contributed by atoms with Gasteiger partial charge in [0.25, 0.3) is 0 Å². The summed E-state index contributed by atoms with van der Waals surface area (Å²) >= 11 is 6.05. The number of benzene rings is 1. The van der Waals surface area contributed by atoms with Gasteiger partial charge in [-0.1, -0.05) is 41.4 Å². The Morgan fingerprint density at radius 1 is 1.21 bits per heavy atom. The second-order valence-electron chi connectivity index (χ2n) is 4.35. The number of aromatic nitrogens is 1. The first-order valence-electron chi connectivity index (χ1n) is 5.85. The number of carbonyl (C=O) groups excluding carboxylic acids is 1. The Labute approximate surface area is 117 Å². The molecule has 0 aliphatic carbocycles. The highest BCUT2D eigenvalue weighted by Crippen LogP contribution is 2.26. The molecule has 0 radical (unpaired) electrons. The molecular weight excluding hydrogens is 262 g/mol. The number of hydrogen-bond donors (Lipinski definition) is 0. The molecule has 4 heteroatoms. The van der Waals surface area contributed by atoms with Crippen LogP contribution in [0.15, 0.2) is 30.3 Å². The summed E-state index contributed by atoms with van der Waals surface area (Å²) in [5.41, 5.74) is 3.70. The normalized spacial score (nSPS) is 10.3. The zero-order chi connectivity index (χ0) is 14.0. The molecule has 0 bridgehead atoms. The molecule has 0 saturated carbocycles. The lowest BCUT2D eigenvalue weighted by molar-refractivity contribution is 0.0601. The number of methoxy groups -OCH3 is 1. The van der Waals surface area contributed by atoms with Crippen LogP contribution in [-0.4, -0.2) is 18.1 Å². The van der Waals surface area contributed by atoms with Crippen LogP contribution in [0.3, 0.4) is 0 Å². The summed E-state index contributed by atoms with van der Waals surface area (Å²) in [6.07, 6.45) is 0. The van der Waals surface area contributed by atoms with Gasteiger partial charge in [0.15, 0.2) is 0 Å². The van der Waals surface area contributed by atoms with E-state index in [9.17, 15) is 4.79 Å². The van der Waals surface area contributed by atoms with Crippen molar-refractivity contribution in [3.8, 4) is 11.3 Å². The van der Waals surface area contributed by atoms with Crippen LogP contribution in [-0.2, 0) is 4.74 Å². The Hall–Kier alpha value is -1.87. The minimum absolute atomic E-state index is 0.392. The zero-order valence-electron chi connectivity index (χ0n) is 11.0. The standard InChI is InChI=1S/C15H14ClNO2/c1-9-4-6-11(7-5-9)13-12(15(18)19-3)8-10(2)14(16)17-13/h4-8H,1-3H3. The average Bonchev–Trinajstić information content (AvgIpc) is 2.41. The van der Waals surface area contributed by atoms with E-state index in [2.05, 4.69) is 4.98 Å². The van der Waals surface area contributed by atoms with E-state index in [1.54, 1.807) is 13.0 Å². The molecule has 1 heterocycles. The highest BCUT2D eigenvalue weighted by atomic mass is 35.5. The van der Waals surface area contributed by atoms with E-state index in [1.165, 1.54) is 7.11 Å². The summed E-state index contributed by atoms with van der Waals surface area (Å²) < 4.78 is 4.79. The van der Waals surface area contributed by atoms with Crippen LogP contribution < -0.4 is 0 Å². The molecule has 1 aromatic heterocycles. The van der Waals surface area contributed by atoms with Gasteiger partial charge >= 0.3 is 5.97 Å². The molecule has 0 fully saturated rings. The number of carbonyl (C=O) groups is 1. The number of hydrogen-bond acceptors (Lipinski definition) is 3. The monoisotopic (exact) mass is 275 g/mol. The largest absolute Gasteiger partial charge is 0.465 e. The van der Waals surface area contributed by atoms with Crippen molar-refractivity contribution in [3.63, 3.8) is 0 Å². The van der Waals surface area contributed by atoms with Crippen molar-refractivity contribution >= 4 is 17.6 Å². The molecule has 0 spiro atoms. The topological polar surface area (TPSA) is 39.2 Å². The van der Waals surface area contributed by atoms with Crippen LogP contribution in [0.5, 0.6) is 0 Å². The van der Waals surface area contributed by atoms with Crippen molar-refractivity contribution in [3.05, 3.63) is 52.2 Å². The molecule has 0 N–H and O–H groups in total. The van der Waals surface area contributed by atoms with Crippen LogP contribution in [0.4, 0.5) is 0 Å². The number of aryl methyl sites for hydroxylation is 2. The highest BCUT2D eigenvalue weighted by Gasteiger charge is 2.17. The smallest absolute Gasteiger partial charge is 0.340 e. The minimum atomic E-state index is -0.414. The first-order chi connectivity index (χ1) is 9.02. The van der Waals surface area contributed by atoms with Crippen molar-refractivity contribution in [2.45, 2.75) is 13.8 Å². The van der Waals surface area contributed by atoms with Gasteiger partial charge in [-0.2, -0.15) is 0 Å². The quantitative estimate of drug-likeness (QED) is 0.618. The Balaban J connectivity index is 2.63. The summed E-state index contributed by atoms with van der Waals surface area (Å²) in [6, 6.07) is 9.46. The predicted octanol–water partition coefficient (Wildman–Crippen LogP) is 3.81. The van der Waals surface area contributed by atoms with Gasteiger partial charge in [-0.05, 0) is 25.5 Å². The number of rotatable bonds is 2. The van der Waals surface area contributed by atoms with Crippen LogP contribution >= 0.6 is 11.6 Å². The van der Waals surface area contributed by atoms with E-state index >= 15 is 0 Å². The molecule has 2 rings (SSSR count). The number of nitrogens with zero attached hydrogens (tertiary/aromatic N) is 1. The molecule has 0 saturated heterocycles. The van der Waals surface area contributed by atoms with Gasteiger partial charge in [0.05, 0.1) is 18.4 Å². The van der Waals surface area contributed by atoms with Crippen molar-refractivity contribution < 1.29 is 9.53 Å². The second kappa shape index (κ2) is 5.41. The SMILES string of the molecule is COC(=O)c1cc(C)c(Cl)nc1-c1ccc(C)cc1. The number of ether oxygens (including phenoxy) is 1. The van der Waals surface area contributed by atoms with Gasteiger partial charge in [-0.25, -0.2) is 9.78 Å². The van der Waals surface area contributed by atoms with Gasteiger partial charge in [-0.3, -0.25) is 0 Å². The zero-order valence-corrected chi connectivity index (χ0v) is 11.8. The Morgan fingerprint density at radius 2 is 1.84 bits per heavy atom. The molecule has 19 heavy (non-hydrogen) atoms. The molecule has 3 nitrogen and oxygen atoms in total. The van der Waals surface area contributed by atoms with Gasteiger partial charge in [0, 0.05) is 5.56 Å². The molecule has 2 aromatic rings. The van der Waals surface area contributed by atoms with E-state index < -0.39 is 5.97 Å². The summed E-state index contributed by atoms with van der Waals surface area (Å²) in [6.45, 7) is 3.81. The highest BCUT2D eigenvalue weighted by molar-refractivity contribution is 6.30. The lowest BCUT2D eigenvalue weighted by Crippen LogP contribution is -2.06. The van der Waals surface area contributed by atoms with Crippen LogP contribution in [0.1, 0.15) is 21.5 Å². The van der Waals surface area contributed by atoms with Crippen LogP contribution in [0, 0.1) is 13.8 Å². The Bertz CT molecular complexity index is 621. The third-order valence-electron chi connectivity index (χ3n) is 2.88. The third kappa shape index (κ3) is 2.76. The summed E-state index contributed by atoms with van der Waals surface area (Å²) in [5, 5.41) is 0.392. The van der Waals surface area contributed by atoms with Gasteiger partial charge in [-0.15, -0.1) is 0 Å². The summed E-state index contributed by atoms with van der Waals surface area (Å²) in [5.74, 6) is -0.414. The van der Waals surface area contributed by atoms with Crippen molar-refractivity contribution in [1.29, 1.82) is 0 Å². The fraction of sp³-hybridized carbons (Fsp3) is 0.200. The maximum absolute atomic E-state index is 11.8. The maximum Gasteiger partial charge on any atom is 0.340 e. The van der Waals surface area contributed by atoms with E-state index in [4.69, 9.17) is 16.3 Å². The molecule has 0 aliphatic rings. The predicted molar refractivity (Wildman–Crippen MR) is 75.5 cm³/mol. The lowest BCUT2D eigenvalue weighted by Gasteiger charge is -2.10. The molecule has 1 aromatic carbocycles. The average molecular weight is 276 g/mol. The Kier molecular flexibility index (Phi) is 3.86. The van der Waals surface area contributed by atoms with Crippen LogP contribution in [0.25, 0.3) is 11.3 Å². The summed E-state index contributed by atoms with van der Waals surface area (Å²) in [4.78, 5) is 16.1. The molecule has 98 valence electrons. The van der Waals surface area contributed by atoms with E-state index in [1.807, 2.05) is 31.2 Å². The number of esters is 1. The van der Waals surface area contributed by atoms with Crippen molar-refractivity contribution in [1.82, 2.24) is 4.98 Å². The van der Waals surface area contributed by atoms with E-state index in [-0.39, 0.29) is 0 Å². The lowest BCUT2D eigenvalue weighted by atomic mass is 10.0. The minimum Gasteiger partial charge on any atom is -0.465 e. The first-order valence-corrected chi connectivity index (χ1v) is 6.23. The molecule has 0 amide bonds. The van der Waals surface area contributed by atoms with Crippen molar-refractivity contribution in [2.75, 3.05) is 7.11 Å². The molecular formula is C15H14ClNO2. The van der Waals surface area contributed by atoms with Gasteiger partial charge in [0.1, 0.15) is 5.15 Å². The fourth-order valence-electron chi connectivity index (χ4n) is 1.79. The summed E-state index contributed by atoms with van der Waals surface area (Å²) in [7, 11) is 1.35. The Morgan fingerprint density at radius 3 is 2.42 bits per heavy atom.